The molecular weight excluding hydrogens is 298 g/mol. The topological polar surface area (TPSA) is 0 Å². The monoisotopic (exact) mass is 328 g/mol. The molecule has 0 spiro atoms. The summed E-state index contributed by atoms with van der Waals surface area (Å²) in [5.74, 6) is 0. The summed E-state index contributed by atoms with van der Waals surface area (Å²) < 4.78 is 0.994. The van der Waals surface area contributed by atoms with E-state index in [1.165, 1.54) is 24.0 Å². The zero-order valence-electron chi connectivity index (χ0n) is 14.4. The van der Waals surface area contributed by atoms with E-state index in [1.807, 2.05) is 13.8 Å². The van der Waals surface area contributed by atoms with Gasteiger partial charge in [-0.15, -0.1) is 0 Å². The molecular formula is C19H31Ga. The van der Waals surface area contributed by atoms with Gasteiger partial charge in [-0.3, -0.25) is 0 Å². The van der Waals surface area contributed by atoms with Crippen LogP contribution >= 0.6 is 0 Å². The minimum absolute atomic E-state index is 0.323. The van der Waals surface area contributed by atoms with Gasteiger partial charge >= 0.3 is 120 Å². The molecule has 1 atom stereocenters. The van der Waals surface area contributed by atoms with Gasteiger partial charge in [0.05, 0.1) is 0 Å². The van der Waals surface area contributed by atoms with Crippen LogP contribution in [0.1, 0.15) is 65.9 Å². The Balaban J connectivity index is 0.000000956. The molecule has 20 heavy (non-hydrogen) atoms. The summed E-state index contributed by atoms with van der Waals surface area (Å²) in [6.45, 7) is 15.0. The van der Waals surface area contributed by atoms with Crippen molar-refractivity contribution in [3.8, 4) is 0 Å². The van der Waals surface area contributed by atoms with E-state index in [-0.39, 0.29) is 17.4 Å². The molecule has 0 saturated heterocycles. The Bertz CT molecular complexity index is 471. The maximum absolute atomic E-state index is 4.18. The molecule has 1 aliphatic rings. The zero-order chi connectivity index (χ0) is 15.3. The van der Waals surface area contributed by atoms with Gasteiger partial charge in [0.2, 0.25) is 0 Å². The molecule has 0 fully saturated rings. The number of fused-ring (bicyclic) bond motifs is 1. The Morgan fingerprint density at radius 2 is 2.00 bits per heavy atom. The molecule has 0 aromatic heterocycles. The molecule has 0 heterocycles. The molecule has 0 aliphatic heterocycles. The Hall–Kier alpha value is -0.404. The first-order valence-electron chi connectivity index (χ1n) is 8.36. The van der Waals surface area contributed by atoms with E-state index in [1.54, 1.807) is 22.3 Å². The zero-order valence-corrected chi connectivity index (χ0v) is 17.4. The second-order valence-corrected chi connectivity index (χ2v) is 9.57. The van der Waals surface area contributed by atoms with Crippen molar-refractivity contribution in [2.75, 3.05) is 0 Å². The van der Waals surface area contributed by atoms with E-state index in [0.717, 1.165) is 17.3 Å². The molecule has 110 valence electrons. The first-order chi connectivity index (χ1) is 9.58. The summed E-state index contributed by atoms with van der Waals surface area (Å²) in [5.41, 5.74) is 11.9. The summed E-state index contributed by atoms with van der Waals surface area (Å²) in [7, 11) is 0. The van der Waals surface area contributed by atoms with Crippen LogP contribution in [0.15, 0.2) is 18.2 Å². The van der Waals surface area contributed by atoms with E-state index in [9.17, 15) is 0 Å². The fraction of sp³-hybridized carbons (Fsp3) is 0.579. The third-order valence-corrected chi connectivity index (χ3v) is 8.55. The van der Waals surface area contributed by atoms with Gasteiger partial charge in [-0.1, -0.05) is 13.8 Å². The Kier molecular flexibility index (Phi) is 7.18. The number of rotatable bonds is 4. The standard InChI is InChI=1S/C16H21.C2H6.CH3.Ga.H/c1-5-11(2)9-16-12(3)10-14-7-6-8-15(14)13(16)4;1-2;;;/h7,10H,2,5-6,8-9H2,1,3-4H3;1-2H3;1H3;;. The van der Waals surface area contributed by atoms with Crippen LogP contribution in [0.25, 0.3) is 0 Å². The molecule has 1 unspecified atom stereocenters. The molecule has 0 amide bonds. The van der Waals surface area contributed by atoms with Crippen molar-refractivity contribution >= 4 is 17.4 Å². The largest absolute Gasteiger partial charge is 0.0683 e. The summed E-state index contributed by atoms with van der Waals surface area (Å²) in [4.78, 5) is 0. The van der Waals surface area contributed by atoms with Gasteiger partial charge in [-0.2, -0.15) is 0 Å². The van der Waals surface area contributed by atoms with Crippen LogP contribution in [-0.2, 0) is 12.8 Å². The molecule has 0 bridgehead atoms. The summed E-state index contributed by atoms with van der Waals surface area (Å²) in [6.07, 6.45) is 4.95. The Morgan fingerprint density at radius 3 is 2.55 bits per heavy atom. The average molecular weight is 329 g/mol. The minimum atomic E-state index is -0.323. The summed E-state index contributed by atoms with van der Waals surface area (Å²) >= 11 is -0.323. The number of benzene rings is 1. The first-order valence-corrected chi connectivity index (χ1v) is 13.0. The molecule has 1 aromatic carbocycles. The van der Waals surface area contributed by atoms with Crippen LogP contribution < -0.4 is 0 Å². The third-order valence-electron chi connectivity index (χ3n) is 4.70. The van der Waals surface area contributed by atoms with E-state index in [4.69, 9.17) is 0 Å². The van der Waals surface area contributed by atoms with Crippen molar-refractivity contribution in [1.29, 1.82) is 0 Å². The average Bonchev–Trinajstić information content (AvgIpc) is 2.88. The van der Waals surface area contributed by atoms with Crippen LogP contribution in [0.5, 0.6) is 0 Å². The molecule has 1 heteroatoms. The molecule has 2 rings (SSSR count). The molecule has 0 radical (unpaired) electrons. The van der Waals surface area contributed by atoms with E-state index in [2.05, 4.69) is 38.9 Å². The van der Waals surface area contributed by atoms with Gasteiger partial charge in [-0.25, -0.2) is 0 Å². The first kappa shape index (κ1) is 17.6. The van der Waals surface area contributed by atoms with Crippen LogP contribution in [0.3, 0.4) is 0 Å². The maximum Gasteiger partial charge on any atom is -0.0683 e. The van der Waals surface area contributed by atoms with E-state index >= 15 is 0 Å². The fourth-order valence-corrected chi connectivity index (χ4v) is 6.31. The quantitative estimate of drug-likeness (QED) is 0.519. The van der Waals surface area contributed by atoms with Gasteiger partial charge in [0, 0.05) is 0 Å². The van der Waals surface area contributed by atoms with Gasteiger partial charge in [0.15, 0.2) is 0 Å². The van der Waals surface area contributed by atoms with Crippen molar-refractivity contribution in [3.05, 3.63) is 46.0 Å². The normalized spacial score (nSPS) is 16.2. The van der Waals surface area contributed by atoms with Crippen molar-refractivity contribution in [2.45, 2.75) is 70.3 Å². The maximum atomic E-state index is 4.18. The molecule has 0 N–H and O–H groups in total. The molecule has 0 nitrogen and oxygen atoms in total. The van der Waals surface area contributed by atoms with E-state index in [0.29, 0.717) is 0 Å². The number of hydrogen-bond acceptors (Lipinski definition) is 0. The van der Waals surface area contributed by atoms with Crippen LogP contribution in [0.2, 0.25) is 5.48 Å². The van der Waals surface area contributed by atoms with E-state index < -0.39 is 0 Å². The van der Waals surface area contributed by atoms with Crippen molar-refractivity contribution < 1.29 is 0 Å². The second-order valence-electron chi connectivity index (χ2n) is 5.79. The van der Waals surface area contributed by atoms with Crippen molar-refractivity contribution in [3.63, 3.8) is 0 Å². The third kappa shape index (κ3) is 3.62. The Labute approximate surface area is 133 Å². The summed E-state index contributed by atoms with van der Waals surface area (Å²) in [5, 5.41) is 0. The van der Waals surface area contributed by atoms with Crippen LogP contribution in [0, 0.1) is 13.8 Å². The van der Waals surface area contributed by atoms with Crippen LogP contribution in [0.4, 0.5) is 0 Å². The predicted molar refractivity (Wildman–Crippen MR) is 94.5 cm³/mol. The van der Waals surface area contributed by atoms with Gasteiger partial charge < -0.3 is 0 Å². The SMILES string of the molecule is C=C(CC)Cc1c(C)cc2c(c1C)CC[CH]2[GaH][CH3].CC. The second kappa shape index (κ2) is 8.14. The smallest absolute Gasteiger partial charge is 0.0683 e. The number of aryl methyl sites for hydroxylation is 1. The fourth-order valence-electron chi connectivity index (χ4n) is 3.34. The minimum Gasteiger partial charge on any atom is -0.0683 e. The van der Waals surface area contributed by atoms with Crippen LogP contribution in [-0.4, -0.2) is 17.4 Å². The summed E-state index contributed by atoms with van der Waals surface area (Å²) in [6, 6.07) is 2.51. The van der Waals surface area contributed by atoms with Gasteiger partial charge in [-0.05, 0) is 0 Å². The number of allylic oxidation sites excluding steroid dienone is 1. The number of hydrogen-bond donors (Lipinski definition) is 0. The van der Waals surface area contributed by atoms with Gasteiger partial charge in [0.1, 0.15) is 0 Å². The molecule has 1 aromatic rings. The predicted octanol–water partition coefficient (Wildman–Crippen LogP) is 5.31. The molecule has 0 saturated carbocycles. The van der Waals surface area contributed by atoms with Crippen molar-refractivity contribution in [2.24, 2.45) is 0 Å². The van der Waals surface area contributed by atoms with Gasteiger partial charge in [0.25, 0.3) is 0 Å². The van der Waals surface area contributed by atoms with Crippen molar-refractivity contribution in [1.82, 2.24) is 0 Å². The molecule has 1 aliphatic carbocycles. The Morgan fingerprint density at radius 1 is 1.35 bits per heavy atom.